The van der Waals surface area contributed by atoms with Crippen molar-refractivity contribution >= 4 is 0 Å². The molecule has 76 valence electrons. The van der Waals surface area contributed by atoms with Crippen LogP contribution in [0.4, 0.5) is 0 Å². The zero-order valence-electron chi connectivity index (χ0n) is 9.05. The third kappa shape index (κ3) is 3.51. The summed E-state index contributed by atoms with van der Waals surface area (Å²) in [6.45, 7) is 8.28. The van der Waals surface area contributed by atoms with Gasteiger partial charge in [0.05, 0.1) is 0 Å². The second-order valence-electron chi connectivity index (χ2n) is 4.38. The van der Waals surface area contributed by atoms with Crippen molar-refractivity contribution in [2.45, 2.75) is 58.0 Å². The SMILES string of the molecule is C=CC(C)N[C@@H](C)C1CCCCC1. The maximum Gasteiger partial charge on any atom is 0.0221 e. The Morgan fingerprint density at radius 1 is 1.23 bits per heavy atom. The van der Waals surface area contributed by atoms with E-state index in [1.54, 1.807) is 0 Å². The van der Waals surface area contributed by atoms with Crippen molar-refractivity contribution in [1.82, 2.24) is 5.32 Å². The highest BCUT2D eigenvalue weighted by molar-refractivity contribution is 4.86. The first-order valence-corrected chi connectivity index (χ1v) is 5.62. The Labute approximate surface area is 82.6 Å². The fourth-order valence-electron chi connectivity index (χ4n) is 2.25. The minimum absolute atomic E-state index is 0.455. The summed E-state index contributed by atoms with van der Waals surface area (Å²) < 4.78 is 0. The Kier molecular flexibility index (Phi) is 4.51. The van der Waals surface area contributed by atoms with Gasteiger partial charge in [0.2, 0.25) is 0 Å². The Morgan fingerprint density at radius 3 is 2.38 bits per heavy atom. The molecule has 0 bridgehead atoms. The van der Waals surface area contributed by atoms with Gasteiger partial charge in [0.15, 0.2) is 0 Å². The van der Waals surface area contributed by atoms with Gasteiger partial charge in [0, 0.05) is 12.1 Å². The summed E-state index contributed by atoms with van der Waals surface area (Å²) in [6, 6.07) is 1.12. The number of nitrogens with one attached hydrogen (secondary N) is 1. The van der Waals surface area contributed by atoms with Crippen LogP contribution in [0.2, 0.25) is 0 Å². The van der Waals surface area contributed by atoms with E-state index in [1.807, 2.05) is 6.08 Å². The molecule has 1 heteroatoms. The lowest BCUT2D eigenvalue weighted by atomic mass is 9.84. The van der Waals surface area contributed by atoms with E-state index in [2.05, 4.69) is 25.7 Å². The predicted octanol–water partition coefficient (Wildman–Crippen LogP) is 3.12. The largest absolute Gasteiger partial charge is 0.308 e. The molecule has 0 saturated heterocycles. The van der Waals surface area contributed by atoms with Crippen LogP contribution in [0.25, 0.3) is 0 Å². The third-order valence-electron chi connectivity index (χ3n) is 3.24. The van der Waals surface area contributed by atoms with Crippen molar-refractivity contribution < 1.29 is 0 Å². The first-order chi connectivity index (χ1) is 6.24. The zero-order chi connectivity index (χ0) is 9.68. The number of hydrogen-bond donors (Lipinski definition) is 1. The maximum absolute atomic E-state index is 3.80. The lowest BCUT2D eigenvalue weighted by Gasteiger charge is -2.29. The fourth-order valence-corrected chi connectivity index (χ4v) is 2.25. The summed E-state index contributed by atoms with van der Waals surface area (Å²) in [6.07, 6.45) is 9.12. The molecule has 0 aromatic rings. The van der Waals surface area contributed by atoms with E-state index in [0.717, 1.165) is 5.92 Å². The van der Waals surface area contributed by atoms with Crippen LogP contribution in [0.1, 0.15) is 46.0 Å². The van der Waals surface area contributed by atoms with E-state index in [0.29, 0.717) is 12.1 Å². The van der Waals surface area contributed by atoms with Crippen LogP contribution in [0, 0.1) is 5.92 Å². The third-order valence-corrected chi connectivity index (χ3v) is 3.24. The standard InChI is InChI=1S/C12H23N/c1-4-10(2)13-11(3)12-8-6-5-7-9-12/h4,10-13H,1,5-9H2,2-3H3/t10?,11-/m0/s1. The Balaban J connectivity index is 2.28. The molecule has 0 radical (unpaired) electrons. The highest BCUT2D eigenvalue weighted by Crippen LogP contribution is 2.26. The van der Waals surface area contributed by atoms with E-state index >= 15 is 0 Å². The van der Waals surface area contributed by atoms with Crippen molar-refractivity contribution in [3.8, 4) is 0 Å². The molecule has 1 fully saturated rings. The molecule has 0 amide bonds. The molecule has 1 N–H and O–H groups in total. The van der Waals surface area contributed by atoms with Gasteiger partial charge in [0.1, 0.15) is 0 Å². The Morgan fingerprint density at radius 2 is 1.85 bits per heavy atom. The van der Waals surface area contributed by atoms with Crippen LogP contribution in [0.15, 0.2) is 12.7 Å². The van der Waals surface area contributed by atoms with Crippen LogP contribution in [-0.2, 0) is 0 Å². The zero-order valence-corrected chi connectivity index (χ0v) is 9.05. The molecule has 0 heterocycles. The first kappa shape index (κ1) is 10.8. The quantitative estimate of drug-likeness (QED) is 0.657. The summed E-state index contributed by atoms with van der Waals surface area (Å²) in [4.78, 5) is 0. The van der Waals surface area contributed by atoms with Gasteiger partial charge < -0.3 is 5.32 Å². The van der Waals surface area contributed by atoms with Crippen LogP contribution in [0.5, 0.6) is 0 Å². The molecule has 0 aromatic carbocycles. The van der Waals surface area contributed by atoms with E-state index in [-0.39, 0.29) is 0 Å². The molecule has 1 unspecified atom stereocenters. The smallest absolute Gasteiger partial charge is 0.0221 e. The molecule has 13 heavy (non-hydrogen) atoms. The lowest BCUT2D eigenvalue weighted by molar-refractivity contribution is 0.275. The van der Waals surface area contributed by atoms with Crippen LogP contribution in [-0.4, -0.2) is 12.1 Å². The molecule has 1 rings (SSSR count). The van der Waals surface area contributed by atoms with E-state index in [4.69, 9.17) is 0 Å². The van der Waals surface area contributed by atoms with E-state index in [1.165, 1.54) is 32.1 Å². The van der Waals surface area contributed by atoms with Crippen molar-refractivity contribution in [3.63, 3.8) is 0 Å². The summed E-state index contributed by atoms with van der Waals surface area (Å²) in [5, 5.41) is 3.58. The average molecular weight is 181 g/mol. The minimum Gasteiger partial charge on any atom is -0.308 e. The predicted molar refractivity (Wildman–Crippen MR) is 58.8 cm³/mol. The van der Waals surface area contributed by atoms with Gasteiger partial charge in [-0.2, -0.15) is 0 Å². The summed E-state index contributed by atoms with van der Waals surface area (Å²) in [7, 11) is 0. The molecule has 1 aliphatic carbocycles. The molecular formula is C12H23N. The van der Waals surface area contributed by atoms with E-state index in [9.17, 15) is 0 Å². The average Bonchev–Trinajstić information content (AvgIpc) is 2.19. The molecule has 1 saturated carbocycles. The first-order valence-electron chi connectivity index (χ1n) is 5.62. The Hall–Kier alpha value is -0.300. The molecule has 2 atom stereocenters. The van der Waals surface area contributed by atoms with Gasteiger partial charge in [-0.1, -0.05) is 25.3 Å². The van der Waals surface area contributed by atoms with Crippen molar-refractivity contribution in [3.05, 3.63) is 12.7 Å². The molecule has 1 aliphatic rings. The fraction of sp³-hybridized carbons (Fsp3) is 0.833. The van der Waals surface area contributed by atoms with Gasteiger partial charge in [0.25, 0.3) is 0 Å². The van der Waals surface area contributed by atoms with Crippen molar-refractivity contribution in [2.24, 2.45) is 5.92 Å². The van der Waals surface area contributed by atoms with Crippen molar-refractivity contribution in [2.75, 3.05) is 0 Å². The van der Waals surface area contributed by atoms with Gasteiger partial charge in [-0.25, -0.2) is 0 Å². The molecule has 0 spiro atoms. The number of hydrogen-bond acceptors (Lipinski definition) is 1. The lowest BCUT2D eigenvalue weighted by Crippen LogP contribution is -2.39. The van der Waals surface area contributed by atoms with E-state index < -0.39 is 0 Å². The summed E-state index contributed by atoms with van der Waals surface area (Å²) >= 11 is 0. The molecule has 0 aliphatic heterocycles. The summed E-state index contributed by atoms with van der Waals surface area (Å²) in [5.74, 6) is 0.899. The summed E-state index contributed by atoms with van der Waals surface area (Å²) in [5.41, 5.74) is 0. The van der Waals surface area contributed by atoms with Gasteiger partial charge in [-0.3, -0.25) is 0 Å². The monoisotopic (exact) mass is 181 g/mol. The number of rotatable bonds is 4. The van der Waals surface area contributed by atoms with Gasteiger partial charge in [-0.15, -0.1) is 6.58 Å². The Bertz CT molecular complexity index is 147. The highest BCUT2D eigenvalue weighted by Gasteiger charge is 2.20. The highest BCUT2D eigenvalue weighted by atomic mass is 14.9. The van der Waals surface area contributed by atoms with Gasteiger partial charge >= 0.3 is 0 Å². The normalized spacial score (nSPS) is 23.8. The van der Waals surface area contributed by atoms with Crippen LogP contribution in [0.3, 0.4) is 0 Å². The van der Waals surface area contributed by atoms with Crippen LogP contribution < -0.4 is 5.32 Å². The molecule has 0 aromatic heterocycles. The minimum atomic E-state index is 0.455. The maximum atomic E-state index is 3.80. The molecular weight excluding hydrogens is 158 g/mol. The molecule has 1 nitrogen and oxygen atoms in total. The second-order valence-corrected chi connectivity index (χ2v) is 4.38. The van der Waals surface area contributed by atoms with Crippen LogP contribution >= 0.6 is 0 Å². The second kappa shape index (κ2) is 5.43. The topological polar surface area (TPSA) is 12.0 Å². The van der Waals surface area contributed by atoms with Gasteiger partial charge in [-0.05, 0) is 32.6 Å². The van der Waals surface area contributed by atoms with Crippen molar-refractivity contribution in [1.29, 1.82) is 0 Å².